The van der Waals surface area contributed by atoms with Crippen molar-refractivity contribution in [2.45, 2.75) is 70.1 Å². The Kier molecular flexibility index (Phi) is 12.8. The van der Waals surface area contributed by atoms with Crippen LogP contribution in [0.25, 0.3) is 0 Å². The maximum Gasteiger partial charge on any atom is 0.326 e. The lowest BCUT2D eigenvalue weighted by atomic mass is 10.0. The van der Waals surface area contributed by atoms with Crippen LogP contribution >= 0.6 is 0 Å². The zero-order chi connectivity index (χ0) is 26.6. The molecule has 0 saturated heterocycles. The van der Waals surface area contributed by atoms with Crippen molar-refractivity contribution in [3.05, 3.63) is 0 Å². The molecule has 0 saturated carbocycles. The molecule has 0 bridgehead atoms. The van der Waals surface area contributed by atoms with E-state index in [-0.39, 0.29) is 12.3 Å². The van der Waals surface area contributed by atoms with Crippen LogP contribution < -0.4 is 21.7 Å². The molecule has 0 aromatic heterocycles. The van der Waals surface area contributed by atoms with Crippen LogP contribution in [0.5, 0.6) is 0 Å². The summed E-state index contributed by atoms with van der Waals surface area (Å²) in [5.74, 6) is -9.01. The Balaban J connectivity index is 5.54. The molecule has 15 heteroatoms. The fraction of sp³-hybridized carbons (Fsp3) is 0.632. The SMILES string of the molecule is CC(C)CC(NC(=O)C(CC(=O)O)NC(=O)C(N)CC(=O)O)C(=O)NC(CCC(=O)O)C(=O)O. The Morgan fingerprint density at radius 2 is 1.15 bits per heavy atom. The Labute approximate surface area is 194 Å². The molecule has 0 aromatic carbocycles. The first kappa shape index (κ1) is 30.2. The van der Waals surface area contributed by atoms with Crippen LogP contribution in [0.1, 0.15) is 46.0 Å². The summed E-state index contributed by atoms with van der Waals surface area (Å²) < 4.78 is 0. The van der Waals surface area contributed by atoms with Gasteiger partial charge in [0.05, 0.1) is 18.9 Å². The number of carboxylic acids is 4. The Hall–Kier alpha value is -3.75. The maximum absolute atomic E-state index is 12.7. The van der Waals surface area contributed by atoms with Crippen LogP contribution in [0.15, 0.2) is 0 Å². The third kappa shape index (κ3) is 12.3. The van der Waals surface area contributed by atoms with Crippen molar-refractivity contribution < 1.29 is 54.0 Å². The first-order valence-corrected chi connectivity index (χ1v) is 10.2. The molecule has 4 unspecified atom stereocenters. The second-order valence-electron chi connectivity index (χ2n) is 7.89. The van der Waals surface area contributed by atoms with Gasteiger partial charge in [0.15, 0.2) is 0 Å². The van der Waals surface area contributed by atoms with Gasteiger partial charge < -0.3 is 42.1 Å². The fourth-order valence-corrected chi connectivity index (χ4v) is 2.72. The van der Waals surface area contributed by atoms with E-state index in [1.54, 1.807) is 13.8 Å². The van der Waals surface area contributed by atoms with Gasteiger partial charge in [-0.2, -0.15) is 0 Å². The van der Waals surface area contributed by atoms with Gasteiger partial charge >= 0.3 is 23.9 Å². The largest absolute Gasteiger partial charge is 0.481 e. The number of amides is 3. The van der Waals surface area contributed by atoms with Crippen molar-refractivity contribution in [2.24, 2.45) is 11.7 Å². The number of rotatable bonds is 16. The van der Waals surface area contributed by atoms with E-state index in [2.05, 4.69) is 10.6 Å². The number of nitrogens with one attached hydrogen (secondary N) is 3. The first-order valence-electron chi connectivity index (χ1n) is 10.2. The van der Waals surface area contributed by atoms with E-state index in [0.29, 0.717) is 0 Å². The van der Waals surface area contributed by atoms with E-state index in [1.807, 2.05) is 5.32 Å². The van der Waals surface area contributed by atoms with E-state index in [1.165, 1.54) is 0 Å². The summed E-state index contributed by atoms with van der Waals surface area (Å²) in [5, 5.41) is 42.1. The van der Waals surface area contributed by atoms with Crippen LogP contribution in [0.3, 0.4) is 0 Å². The van der Waals surface area contributed by atoms with Crippen LogP contribution in [0.2, 0.25) is 0 Å². The molecule has 4 atom stereocenters. The fourth-order valence-electron chi connectivity index (χ4n) is 2.72. The van der Waals surface area contributed by atoms with Gasteiger partial charge in [-0.3, -0.25) is 28.8 Å². The molecule has 0 heterocycles. The van der Waals surface area contributed by atoms with E-state index < -0.39 is 91.4 Å². The first-order chi connectivity index (χ1) is 15.6. The minimum absolute atomic E-state index is 0.00485. The molecule has 0 radical (unpaired) electrons. The third-order valence-corrected chi connectivity index (χ3v) is 4.34. The highest BCUT2D eigenvalue weighted by Gasteiger charge is 2.32. The van der Waals surface area contributed by atoms with Crippen molar-refractivity contribution in [3.63, 3.8) is 0 Å². The second kappa shape index (κ2) is 14.4. The highest BCUT2D eigenvalue weighted by atomic mass is 16.4. The maximum atomic E-state index is 12.7. The number of hydrogen-bond donors (Lipinski definition) is 8. The predicted molar refractivity (Wildman–Crippen MR) is 112 cm³/mol. The normalized spacial score (nSPS) is 14.2. The molecular weight excluding hydrogens is 460 g/mol. The van der Waals surface area contributed by atoms with Gasteiger partial charge in [-0.25, -0.2) is 4.79 Å². The van der Waals surface area contributed by atoms with Crippen molar-refractivity contribution in [1.29, 1.82) is 0 Å². The van der Waals surface area contributed by atoms with Crippen LogP contribution in [0, 0.1) is 5.92 Å². The summed E-state index contributed by atoms with van der Waals surface area (Å²) in [6, 6.07) is -6.18. The highest BCUT2D eigenvalue weighted by molar-refractivity contribution is 5.96. The van der Waals surface area contributed by atoms with Crippen LogP contribution in [-0.4, -0.2) is 86.2 Å². The van der Waals surface area contributed by atoms with Gasteiger partial charge in [0, 0.05) is 6.42 Å². The van der Waals surface area contributed by atoms with Gasteiger partial charge in [0.25, 0.3) is 0 Å². The smallest absolute Gasteiger partial charge is 0.326 e. The summed E-state index contributed by atoms with van der Waals surface area (Å²) in [5.41, 5.74) is 5.41. The number of hydrogen-bond acceptors (Lipinski definition) is 8. The molecule has 0 rings (SSSR count). The number of aliphatic carboxylic acids is 4. The summed E-state index contributed by atoms with van der Waals surface area (Å²) in [6.07, 6.45) is -2.66. The van der Waals surface area contributed by atoms with Crippen molar-refractivity contribution >= 4 is 41.6 Å². The average molecular weight is 490 g/mol. The summed E-state index contributed by atoms with van der Waals surface area (Å²) in [7, 11) is 0. The topological polar surface area (TPSA) is 263 Å². The standard InChI is InChI=1S/C19H30N4O11/c1-8(2)5-11(17(31)21-10(19(33)34)3-4-13(24)25)23-18(32)12(7-15(28)29)22-16(30)9(20)6-14(26)27/h8-12H,3-7,20H2,1-2H3,(H,21,31)(H,22,30)(H,23,32)(H,24,25)(H,26,27)(H,28,29)(H,33,34). The third-order valence-electron chi connectivity index (χ3n) is 4.34. The Morgan fingerprint density at radius 1 is 0.676 bits per heavy atom. The average Bonchev–Trinajstić information content (AvgIpc) is 2.68. The van der Waals surface area contributed by atoms with Gasteiger partial charge in [-0.05, 0) is 18.8 Å². The van der Waals surface area contributed by atoms with E-state index in [9.17, 15) is 38.7 Å². The van der Waals surface area contributed by atoms with Crippen molar-refractivity contribution in [3.8, 4) is 0 Å². The van der Waals surface area contributed by atoms with E-state index >= 15 is 0 Å². The van der Waals surface area contributed by atoms with E-state index in [4.69, 9.17) is 21.1 Å². The number of nitrogens with two attached hydrogens (primary N) is 1. The second-order valence-corrected chi connectivity index (χ2v) is 7.89. The number of carbonyl (C=O) groups excluding carboxylic acids is 3. The van der Waals surface area contributed by atoms with Crippen molar-refractivity contribution in [1.82, 2.24) is 16.0 Å². The molecule has 0 aliphatic rings. The molecule has 15 nitrogen and oxygen atoms in total. The molecule has 0 fully saturated rings. The summed E-state index contributed by atoms with van der Waals surface area (Å²) in [4.78, 5) is 81.3. The quantitative estimate of drug-likeness (QED) is 0.114. The molecule has 0 spiro atoms. The molecule has 0 aliphatic heterocycles. The zero-order valence-corrected chi connectivity index (χ0v) is 18.6. The minimum atomic E-state index is -1.71. The van der Waals surface area contributed by atoms with Crippen LogP contribution in [-0.2, 0) is 33.6 Å². The Bertz CT molecular complexity index is 799. The number of carboxylic acid groups (broad SMARTS) is 4. The van der Waals surface area contributed by atoms with Crippen molar-refractivity contribution in [2.75, 3.05) is 0 Å². The van der Waals surface area contributed by atoms with Gasteiger partial charge in [0.1, 0.15) is 18.1 Å². The minimum Gasteiger partial charge on any atom is -0.481 e. The molecule has 34 heavy (non-hydrogen) atoms. The lowest BCUT2D eigenvalue weighted by Crippen LogP contribution is -2.57. The lowest BCUT2D eigenvalue weighted by molar-refractivity contribution is -0.144. The summed E-state index contributed by atoms with van der Waals surface area (Å²) in [6.45, 7) is 3.37. The number of carbonyl (C=O) groups is 7. The molecule has 0 aliphatic carbocycles. The lowest BCUT2D eigenvalue weighted by Gasteiger charge is -2.25. The zero-order valence-electron chi connectivity index (χ0n) is 18.6. The van der Waals surface area contributed by atoms with E-state index in [0.717, 1.165) is 0 Å². The van der Waals surface area contributed by atoms with Gasteiger partial charge in [-0.15, -0.1) is 0 Å². The molecule has 192 valence electrons. The van der Waals surface area contributed by atoms with Gasteiger partial charge in [-0.1, -0.05) is 13.8 Å². The van der Waals surface area contributed by atoms with Gasteiger partial charge in [0.2, 0.25) is 17.7 Å². The molecule has 0 aromatic rings. The highest BCUT2D eigenvalue weighted by Crippen LogP contribution is 2.08. The predicted octanol–water partition coefficient (Wildman–Crippen LogP) is -2.29. The summed E-state index contributed by atoms with van der Waals surface area (Å²) >= 11 is 0. The monoisotopic (exact) mass is 490 g/mol. The molecular formula is C19H30N4O11. The molecule has 9 N–H and O–H groups in total. The molecule has 3 amide bonds. The van der Waals surface area contributed by atoms with Crippen LogP contribution in [0.4, 0.5) is 0 Å². The Morgan fingerprint density at radius 3 is 1.59 bits per heavy atom.